The quantitative estimate of drug-likeness (QED) is 0.839. The maximum absolute atomic E-state index is 12.4. The van der Waals surface area contributed by atoms with Gasteiger partial charge < -0.3 is 20.3 Å². The van der Waals surface area contributed by atoms with E-state index in [-0.39, 0.29) is 30.8 Å². The third-order valence-corrected chi connectivity index (χ3v) is 3.98. The van der Waals surface area contributed by atoms with Crippen LogP contribution in [0.3, 0.4) is 0 Å². The lowest BCUT2D eigenvalue weighted by Crippen LogP contribution is -2.51. The molecule has 1 fully saturated rings. The Hall–Kier alpha value is -1.63. The van der Waals surface area contributed by atoms with Gasteiger partial charge in [-0.25, -0.2) is 0 Å². The smallest absolute Gasteiger partial charge is 0.253 e. The predicted octanol–water partition coefficient (Wildman–Crippen LogP) is 1.50. The van der Waals surface area contributed by atoms with Gasteiger partial charge in [-0.15, -0.1) is 12.4 Å². The Labute approximate surface area is 149 Å². The Balaban J connectivity index is 0.00000288. The summed E-state index contributed by atoms with van der Waals surface area (Å²) < 4.78 is 5.48. The molecule has 2 N–H and O–H groups in total. The number of hydrogen-bond donors (Lipinski definition) is 2. The van der Waals surface area contributed by atoms with Gasteiger partial charge in [-0.2, -0.15) is 0 Å². The second-order valence-electron chi connectivity index (χ2n) is 5.73. The van der Waals surface area contributed by atoms with Gasteiger partial charge in [-0.05, 0) is 31.9 Å². The molecule has 1 aromatic carbocycles. The summed E-state index contributed by atoms with van der Waals surface area (Å²) in [5.74, 6) is -0.335. The first-order valence-corrected chi connectivity index (χ1v) is 8.00. The van der Waals surface area contributed by atoms with Crippen LogP contribution in [0.15, 0.2) is 18.2 Å². The molecule has 1 aliphatic heterocycles. The van der Waals surface area contributed by atoms with E-state index in [1.165, 1.54) is 4.90 Å². The van der Waals surface area contributed by atoms with Crippen molar-refractivity contribution < 1.29 is 14.3 Å². The molecular weight excluding hydrogens is 330 g/mol. The van der Waals surface area contributed by atoms with Gasteiger partial charge in [0.1, 0.15) is 6.10 Å². The lowest BCUT2D eigenvalue weighted by Gasteiger charge is -2.28. The van der Waals surface area contributed by atoms with Crippen molar-refractivity contribution in [3.63, 3.8) is 0 Å². The second-order valence-corrected chi connectivity index (χ2v) is 5.73. The van der Waals surface area contributed by atoms with E-state index >= 15 is 0 Å². The molecule has 1 saturated heterocycles. The summed E-state index contributed by atoms with van der Waals surface area (Å²) >= 11 is 0. The van der Waals surface area contributed by atoms with Gasteiger partial charge in [0.2, 0.25) is 5.91 Å². The summed E-state index contributed by atoms with van der Waals surface area (Å²) in [6.07, 6.45) is -0.503. The number of hydrogen-bond acceptors (Lipinski definition) is 4. The molecule has 7 heteroatoms. The number of likely N-dealkylation sites (N-methyl/N-ethyl adjacent to an activating group) is 1. The number of nitrogens with one attached hydrogen (secondary N) is 2. The molecule has 1 atom stereocenters. The average molecular weight is 356 g/mol. The fourth-order valence-electron chi connectivity index (χ4n) is 2.64. The van der Waals surface area contributed by atoms with Gasteiger partial charge in [-0.1, -0.05) is 18.2 Å². The summed E-state index contributed by atoms with van der Waals surface area (Å²) in [6, 6.07) is 5.86. The van der Waals surface area contributed by atoms with Crippen LogP contribution in [0.1, 0.15) is 18.1 Å². The number of carbonyl (C=O) groups is 2. The van der Waals surface area contributed by atoms with E-state index in [0.717, 1.165) is 23.4 Å². The molecule has 0 bridgehead atoms. The molecule has 1 unspecified atom stereocenters. The molecular formula is C17H26ClN3O3. The van der Waals surface area contributed by atoms with Crippen molar-refractivity contribution in [3.8, 4) is 0 Å². The summed E-state index contributed by atoms with van der Waals surface area (Å²) in [7, 11) is 0. The Morgan fingerprint density at radius 3 is 2.54 bits per heavy atom. The van der Waals surface area contributed by atoms with Crippen LogP contribution >= 0.6 is 12.4 Å². The van der Waals surface area contributed by atoms with Crippen LogP contribution in [0.2, 0.25) is 0 Å². The number of para-hydroxylation sites is 1. The van der Waals surface area contributed by atoms with E-state index in [9.17, 15) is 9.59 Å². The lowest BCUT2D eigenvalue weighted by molar-refractivity contribution is -0.146. The van der Waals surface area contributed by atoms with Gasteiger partial charge in [0, 0.05) is 25.3 Å². The van der Waals surface area contributed by atoms with Gasteiger partial charge in [0.25, 0.3) is 5.91 Å². The number of aryl methyl sites for hydroxylation is 2. The van der Waals surface area contributed by atoms with Gasteiger partial charge in [-0.3, -0.25) is 9.59 Å². The highest BCUT2D eigenvalue weighted by atomic mass is 35.5. The number of anilines is 1. The standard InChI is InChI=1S/C17H25N3O3.ClH/c1-4-20(17(22)14-10-18-8-9-23-14)11-15(21)19-16-12(2)6-5-7-13(16)3;/h5-7,14,18H,4,8-11H2,1-3H3,(H,19,21);1H. The van der Waals surface area contributed by atoms with Crippen molar-refractivity contribution in [2.45, 2.75) is 26.9 Å². The SMILES string of the molecule is CCN(CC(=O)Nc1c(C)cccc1C)C(=O)C1CNCCO1.Cl. The highest BCUT2D eigenvalue weighted by molar-refractivity contribution is 5.96. The zero-order valence-corrected chi connectivity index (χ0v) is 15.2. The monoisotopic (exact) mass is 355 g/mol. The minimum absolute atomic E-state index is 0. The molecule has 1 heterocycles. The summed E-state index contributed by atoms with van der Waals surface area (Å²) in [5.41, 5.74) is 2.83. The minimum Gasteiger partial charge on any atom is -0.366 e. The van der Waals surface area contributed by atoms with Crippen LogP contribution in [0.4, 0.5) is 5.69 Å². The number of halogens is 1. The van der Waals surface area contributed by atoms with E-state index in [4.69, 9.17) is 4.74 Å². The van der Waals surface area contributed by atoms with Crippen LogP contribution in [0, 0.1) is 13.8 Å². The van der Waals surface area contributed by atoms with Gasteiger partial charge in [0.15, 0.2) is 0 Å². The van der Waals surface area contributed by atoms with Crippen LogP contribution in [0.5, 0.6) is 0 Å². The third kappa shape index (κ3) is 5.19. The zero-order chi connectivity index (χ0) is 16.8. The largest absolute Gasteiger partial charge is 0.366 e. The first-order valence-electron chi connectivity index (χ1n) is 8.00. The number of benzene rings is 1. The summed E-state index contributed by atoms with van der Waals surface area (Å²) in [6.45, 7) is 8.03. The number of amides is 2. The summed E-state index contributed by atoms with van der Waals surface area (Å²) in [4.78, 5) is 26.3. The minimum atomic E-state index is -0.503. The van der Waals surface area contributed by atoms with E-state index in [0.29, 0.717) is 19.7 Å². The molecule has 0 radical (unpaired) electrons. The zero-order valence-electron chi connectivity index (χ0n) is 14.4. The number of carbonyl (C=O) groups excluding carboxylic acids is 2. The van der Waals surface area contributed by atoms with Gasteiger partial charge >= 0.3 is 0 Å². The molecule has 0 aromatic heterocycles. The van der Waals surface area contributed by atoms with Crippen molar-refractivity contribution >= 4 is 29.9 Å². The Bertz CT molecular complexity index is 554. The third-order valence-electron chi connectivity index (χ3n) is 3.98. The van der Waals surface area contributed by atoms with E-state index in [1.807, 2.05) is 39.0 Å². The Morgan fingerprint density at radius 1 is 1.33 bits per heavy atom. The average Bonchev–Trinajstić information content (AvgIpc) is 2.56. The van der Waals surface area contributed by atoms with Crippen LogP contribution < -0.4 is 10.6 Å². The molecule has 0 spiro atoms. The first-order chi connectivity index (χ1) is 11.0. The maximum Gasteiger partial charge on any atom is 0.253 e. The van der Waals surface area contributed by atoms with Gasteiger partial charge in [0.05, 0.1) is 13.2 Å². The maximum atomic E-state index is 12.4. The highest BCUT2D eigenvalue weighted by Gasteiger charge is 2.27. The molecule has 24 heavy (non-hydrogen) atoms. The van der Waals surface area contributed by atoms with Crippen molar-refractivity contribution in [1.29, 1.82) is 0 Å². The normalized spacial score (nSPS) is 16.9. The van der Waals surface area contributed by atoms with Crippen molar-refractivity contribution in [3.05, 3.63) is 29.3 Å². The Morgan fingerprint density at radius 2 is 2.00 bits per heavy atom. The lowest BCUT2D eigenvalue weighted by atomic mass is 10.1. The fraction of sp³-hybridized carbons (Fsp3) is 0.529. The summed E-state index contributed by atoms with van der Waals surface area (Å²) in [5, 5.41) is 6.04. The molecule has 0 saturated carbocycles. The molecule has 6 nitrogen and oxygen atoms in total. The van der Waals surface area contributed by atoms with Crippen molar-refractivity contribution in [2.24, 2.45) is 0 Å². The van der Waals surface area contributed by atoms with Crippen molar-refractivity contribution in [2.75, 3.05) is 38.1 Å². The Kier molecular flexibility index (Phi) is 8.18. The van der Waals surface area contributed by atoms with E-state index in [2.05, 4.69) is 10.6 Å². The molecule has 2 amide bonds. The van der Waals surface area contributed by atoms with E-state index < -0.39 is 6.10 Å². The molecule has 1 aliphatic rings. The van der Waals surface area contributed by atoms with E-state index in [1.54, 1.807) is 0 Å². The highest BCUT2D eigenvalue weighted by Crippen LogP contribution is 2.19. The number of rotatable bonds is 5. The van der Waals surface area contributed by atoms with Crippen LogP contribution in [-0.2, 0) is 14.3 Å². The number of nitrogens with zero attached hydrogens (tertiary/aromatic N) is 1. The molecule has 134 valence electrons. The first kappa shape index (κ1) is 20.4. The fourth-order valence-corrected chi connectivity index (χ4v) is 2.64. The molecule has 0 aliphatic carbocycles. The number of ether oxygens (including phenoxy) is 1. The van der Waals surface area contributed by atoms with Crippen LogP contribution in [-0.4, -0.2) is 55.6 Å². The topological polar surface area (TPSA) is 70.7 Å². The van der Waals surface area contributed by atoms with Crippen molar-refractivity contribution in [1.82, 2.24) is 10.2 Å². The van der Waals surface area contributed by atoms with Crippen LogP contribution in [0.25, 0.3) is 0 Å². The second kappa shape index (κ2) is 9.61. The molecule has 1 aromatic rings. The predicted molar refractivity (Wildman–Crippen MR) is 96.7 cm³/mol. The molecule has 2 rings (SSSR count). The number of morpholine rings is 1.